The molecule has 0 aliphatic carbocycles. The highest BCUT2D eigenvalue weighted by Gasteiger charge is 2.10. The van der Waals surface area contributed by atoms with E-state index < -0.39 is 11.7 Å². The Labute approximate surface area is 126 Å². The van der Waals surface area contributed by atoms with E-state index in [1.165, 1.54) is 12.1 Å². The van der Waals surface area contributed by atoms with Crippen molar-refractivity contribution in [2.24, 2.45) is 0 Å². The predicted octanol–water partition coefficient (Wildman–Crippen LogP) is 3.39. The Hall–Kier alpha value is -2.27. The summed E-state index contributed by atoms with van der Waals surface area (Å²) in [4.78, 5) is 11.8. The van der Waals surface area contributed by atoms with Gasteiger partial charge in [-0.25, -0.2) is 4.39 Å². The summed E-state index contributed by atoms with van der Waals surface area (Å²) in [6, 6.07) is 9.48. The maximum absolute atomic E-state index is 13.6. The van der Waals surface area contributed by atoms with Crippen LogP contribution in [0.4, 0.5) is 15.8 Å². The van der Waals surface area contributed by atoms with E-state index in [4.69, 9.17) is 22.1 Å². The van der Waals surface area contributed by atoms with E-state index in [9.17, 15) is 9.18 Å². The minimum absolute atomic E-state index is 0.0534. The van der Waals surface area contributed by atoms with Crippen molar-refractivity contribution in [1.82, 2.24) is 0 Å². The second kappa shape index (κ2) is 6.45. The van der Waals surface area contributed by atoms with Gasteiger partial charge in [-0.2, -0.15) is 0 Å². The first-order chi connectivity index (χ1) is 9.97. The Kier molecular flexibility index (Phi) is 4.65. The van der Waals surface area contributed by atoms with Crippen LogP contribution < -0.4 is 15.8 Å². The second-order valence-corrected chi connectivity index (χ2v) is 4.87. The monoisotopic (exact) mass is 308 g/mol. The quantitative estimate of drug-likeness (QED) is 0.851. The number of halogens is 2. The summed E-state index contributed by atoms with van der Waals surface area (Å²) < 4.78 is 18.7. The molecule has 0 saturated carbocycles. The summed E-state index contributed by atoms with van der Waals surface area (Å²) in [7, 11) is 0. The van der Waals surface area contributed by atoms with E-state index in [1.807, 2.05) is 6.92 Å². The number of benzene rings is 2. The van der Waals surface area contributed by atoms with Gasteiger partial charge in [-0.05, 0) is 42.8 Å². The molecule has 0 spiro atoms. The molecule has 2 aromatic rings. The summed E-state index contributed by atoms with van der Waals surface area (Å²) in [6.07, 6.45) is 0. The van der Waals surface area contributed by atoms with Gasteiger partial charge in [-0.3, -0.25) is 4.79 Å². The fraction of sp³-hybridized carbons (Fsp3) is 0.133. The van der Waals surface area contributed by atoms with Gasteiger partial charge in [0.25, 0.3) is 5.91 Å². The number of nitrogen functional groups attached to an aromatic ring is 1. The number of nitrogens with two attached hydrogens (primary N) is 1. The number of nitrogens with one attached hydrogen (secondary N) is 1. The Balaban J connectivity index is 1.97. The molecular weight excluding hydrogens is 295 g/mol. The molecule has 0 heterocycles. The van der Waals surface area contributed by atoms with E-state index in [0.29, 0.717) is 11.4 Å². The zero-order valence-electron chi connectivity index (χ0n) is 11.3. The molecule has 0 saturated heterocycles. The molecule has 0 aliphatic rings. The van der Waals surface area contributed by atoms with Gasteiger partial charge in [-0.1, -0.05) is 17.7 Å². The highest BCUT2D eigenvalue weighted by atomic mass is 35.5. The molecule has 6 heteroatoms. The standard InChI is InChI=1S/C15H14ClFN2O2/c1-9-7-10(18)5-6-12(9)19-14(20)8-21-13-4-2-3-11(16)15(13)17/h2-7H,8,18H2,1H3,(H,19,20). The first kappa shape index (κ1) is 15.1. The first-order valence-corrected chi connectivity index (χ1v) is 6.58. The average Bonchev–Trinajstić information content (AvgIpc) is 2.43. The van der Waals surface area contributed by atoms with Crippen molar-refractivity contribution in [3.8, 4) is 5.75 Å². The molecule has 0 aliphatic heterocycles. The smallest absolute Gasteiger partial charge is 0.262 e. The first-order valence-electron chi connectivity index (χ1n) is 6.20. The van der Waals surface area contributed by atoms with Gasteiger partial charge < -0.3 is 15.8 Å². The molecule has 2 rings (SSSR count). The third-order valence-corrected chi connectivity index (χ3v) is 3.09. The minimum Gasteiger partial charge on any atom is -0.481 e. The van der Waals surface area contributed by atoms with Crippen LogP contribution in [0.25, 0.3) is 0 Å². The number of rotatable bonds is 4. The van der Waals surface area contributed by atoms with Gasteiger partial charge in [0.15, 0.2) is 18.2 Å². The maximum Gasteiger partial charge on any atom is 0.262 e. The van der Waals surface area contributed by atoms with Crippen LogP contribution in [-0.4, -0.2) is 12.5 Å². The number of anilines is 2. The van der Waals surface area contributed by atoms with Crippen molar-refractivity contribution in [1.29, 1.82) is 0 Å². The number of ether oxygens (including phenoxy) is 1. The van der Waals surface area contributed by atoms with Crippen LogP contribution in [0.1, 0.15) is 5.56 Å². The fourth-order valence-electron chi connectivity index (χ4n) is 1.75. The third kappa shape index (κ3) is 3.86. The summed E-state index contributed by atoms with van der Waals surface area (Å²) >= 11 is 5.63. The van der Waals surface area contributed by atoms with E-state index in [-0.39, 0.29) is 17.4 Å². The SMILES string of the molecule is Cc1cc(N)ccc1NC(=O)COc1cccc(Cl)c1F. The number of carbonyl (C=O) groups excluding carboxylic acids is 1. The van der Waals surface area contributed by atoms with Crippen molar-refractivity contribution >= 4 is 28.9 Å². The molecule has 4 nitrogen and oxygen atoms in total. The molecule has 1 amide bonds. The molecule has 0 radical (unpaired) electrons. The molecule has 0 bridgehead atoms. The fourth-order valence-corrected chi connectivity index (χ4v) is 1.92. The molecule has 2 aromatic carbocycles. The lowest BCUT2D eigenvalue weighted by molar-refractivity contribution is -0.118. The summed E-state index contributed by atoms with van der Waals surface area (Å²) in [6.45, 7) is 1.50. The van der Waals surface area contributed by atoms with Crippen molar-refractivity contribution in [3.63, 3.8) is 0 Å². The van der Waals surface area contributed by atoms with Crippen LogP contribution in [0.15, 0.2) is 36.4 Å². The molecule has 21 heavy (non-hydrogen) atoms. The number of hydrogen-bond acceptors (Lipinski definition) is 3. The molecule has 3 N–H and O–H groups in total. The van der Waals surface area contributed by atoms with Crippen LogP contribution in [0.5, 0.6) is 5.75 Å². The highest BCUT2D eigenvalue weighted by Crippen LogP contribution is 2.24. The van der Waals surface area contributed by atoms with Crippen molar-refractivity contribution in [2.45, 2.75) is 6.92 Å². The minimum atomic E-state index is -0.685. The second-order valence-electron chi connectivity index (χ2n) is 4.46. The normalized spacial score (nSPS) is 10.2. The lowest BCUT2D eigenvalue weighted by atomic mass is 10.2. The van der Waals surface area contributed by atoms with Gasteiger partial charge >= 0.3 is 0 Å². The topological polar surface area (TPSA) is 64.3 Å². The highest BCUT2D eigenvalue weighted by molar-refractivity contribution is 6.30. The Morgan fingerprint density at radius 1 is 1.38 bits per heavy atom. The number of aryl methyl sites for hydroxylation is 1. The summed E-state index contributed by atoms with van der Waals surface area (Å²) in [5.74, 6) is -1.15. The average molecular weight is 309 g/mol. The Bertz CT molecular complexity index is 677. The van der Waals surface area contributed by atoms with Crippen LogP contribution in [0.3, 0.4) is 0 Å². The molecule has 0 unspecified atom stereocenters. The summed E-state index contributed by atoms with van der Waals surface area (Å²) in [5.41, 5.74) is 7.71. The Morgan fingerprint density at radius 3 is 2.86 bits per heavy atom. The van der Waals surface area contributed by atoms with Gasteiger partial charge in [0, 0.05) is 11.4 Å². The maximum atomic E-state index is 13.6. The largest absolute Gasteiger partial charge is 0.481 e. The summed E-state index contributed by atoms with van der Waals surface area (Å²) in [5, 5.41) is 2.61. The number of amides is 1. The van der Waals surface area contributed by atoms with Crippen molar-refractivity contribution < 1.29 is 13.9 Å². The molecule has 0 atom stereocenters. The van der Waals surface area contributed by atoms with Crippen LogP contribution in [0.2, 0.25) is 5.02 Å². The van der Waals surface area contributed by atoms with Crippen LogP contribution in [0, 0.1) is 12.7 Å². The number of carbonyl (C=O) groups is 1. The molecule has 110 valence electrons. The van der Waals surface area contributed by atoms with Gasteiger partial charge in [-0.15, -0.1) is 0 Å². The molecule has 0 aromatic heterocycles. The lowest BCUT2D eigenvalue weighted by Gasteiger charge is -2.10. The zero-order valence-corrected chi connectivity index (χ0v) is 12.1. The van der Waals surface area contributed by atoms with Gasteiger partial charge in [0.1, 0.15) is 0 Å². The van der Waals surface area contributed by atoms with Crippen molar-refractivity contribution in [2.75, 3.05) is 17.7 Å². The van der Waals surface area contributed by atoms with E-state index in [1.54, 1.807) is 24.3 Å². The van der Waals surface area contributed by atoms with Crippen LogP contribution in [-0.2, 0) is 4.79 Å². The lowest BCUT2D eigenvalue weighted by Crippen LogP contribution is -2.21. The van der Waals surface area contributed by atoms with E-state index >= 15 is 0 Å². The number of hydrogen-bond donors (Lipinski definition) is 2. The van der Waals surface area contributed by atoms with Gasteiger partial charge in [0.2, 0.25) is 0 Å². The zero-order chi connectivity index (χ0) is 15.4. The molecular formula is C15H14ClFN2O2. The van der Waals surface area contributed by atoms with Gasteiger partial charge in [0.05, 0.1) is 5.02 Å². The Morgan fingerprint density at radius 2 is 2.14 bits per heavy atom. The van der Waals surface area contributed by atoms with E-state index in [0.717, 1.165) is 5.56 Å². The third-order valence-electron chi connectivity index (χ3n) is 2.80. The van der Waals surface area contributed by atoms with Crippen LogP contribution >= 0.6 is 11.6 Å². The van der Waals surface area contributed by atoms with Crippen molar-refractivity contribution in [3.05, 3.63) is 52.8 Å². The van der Waals surface area contributed by atoms with E-state index in [2.05, 4.69) is 5.32 Å². The molecule has 0 fully saturated rings. The predicted molar refractivity (Wildman–Crippen MR) is 81.1 cm³/mol.